The van der Waals surface area contributed by atoms with Crippen LogP contribution in [0.1, 0.15) is 24.2 Å². The summed E-state index contributed by atoms with van der Waals surface area (Å²) in [5, 5.41) is 17.1. The fourth-order valence-electron chi connectivity index (χ4n) is 3.07. The van der Waals surface area contributed by atoms with Gasteiger partial charge in [-0.1, -0.05) is 17.3 Å². The van der Waals surface area contributed by atoms with E-state index >= 15 is 0 Å². The molecular weight excluding hydrogens is 352 g/mol. The molecule has 2 heterocycles. The lowest BCUT2D eigenvalue weighted by Crippen LogP contribution is -2.42. The number of anilines is 1. The van der Waals surface area contributed by atoms with Crippen LogP contribution in [0.5, 0.6) is 0 Å². The largest absolute Gasteiger partial charge is 0.360 e. The maximum absolute atomic E-state index is 12.4. The molecule has 2 amide bonds. The number of non-ortho nitro benzene ring substituents is 1. The van der Waals surface area contributed by atoms with Gasteiger partial charge in [-0.3, -0.25) is 19.7 Å². The molecule has 0 unspecified atom stereocenters. The average Bonchev–Trinajstić information content (AvgIpc) is 3.07. The Bertz CT molecular complexity index is 838. The normalized spacial score (nSPS) is 14.8. The number of nitrogens with zero attached hydrogens (tertiary/aromatic N) is 3. The molecule has 1 saturated heterocycles. The van der Waals surface area contributed by atoms with E-state index < -0.39 is 4.92 Å². The predicted molar refractivity (Wildman–Crippen MR) is 96.0 cm³/mol. The second-order valence-corrected chi connectivity index (χ2v) is 6.57. The van der Waals surface area contributed by atoms with Gasteiger partial charge in [0.25, 0.3) is 5.69 Å². The molecule has 1 aromatic heterocycles. The number of hydrogen-bond acceptors (Lipinski definition) is 6. The molecule has 9 nitrogen and oxygen atoms in total. The van der Waals surface area contributed by atoms with Gasteiger partial charge in [0.1, 0.15) is 5.76 Å². The number of aryl methyl sites for hydroxylation is 1. The summed E-state index contributed by atoms with van der Waals surface area (Å²) in [6, 6.07) is 7.63. The van der Waals surface area contributed by atoms with Gasteiger partial charge in [0, 0.05) is 37.2 Å². The van der Waals surface area contributed by atoms with Crippen molar-refractivity contribution in [3.8, 4) is 0 Å². The number of nitro groups is 1. The van der Waals surface area contributed by atoms with Crippen LogP contribution in [0.4, 0.5) is 11.5 Å². The first-order valence-electron chi connectivity index (χ1n) is 8.67. The fraction of sp³-hybridized carbons (Fsp3) is 0.389. The van der Waals surface area contributed by atoms with E-state index in [9.17, 15) is 19.7 Å². The highest BCUT2D eigenvalue weighted by Crippen LogP contribution is 2.21. The molecule has 1 fully saturated rings. The van der Waals surface area contributed by atoms with Crippen molar-refractivity contribution in [2.75, 3.05) is 18.4 Å². The molecule has 0 spiro atoms. The zero-order valence-electron chi connectivity index (χ0n) is 14.9. The SMILES string of the molecule is Cc1cc(NC(=O)C2CCN(C(=O)Cc3ccc([N+](=O)[O-])cc3)CC2)no1. The van der Waals surface area contributed by atoms with Crippen LogP contribution in [0, 0.1) is 23.0 Å². The zero-order valence-corrected chi connectivity index (χ0v) is 14.9. The fourth-order valence-corrected chi connectivity index (χ4v) is 3.07. The number of carbonyl (C=O) groups excluding carboxylic acids is 2. The highest BCUT2D eigenvalue weighted by atomic mass is 16.6. The predicted octanol–water partition coefficient (Wildman–Crippen LogP) is 2.31. The average molecular weight is 372 g/mol. The summed E-state index contributed by atoms with van der Waals surface area (Å²) >= 11 is 0. The van der Waals surface area contributed by atoms with E-state index in [-0.39, 0.29) is 29.8 Å². The number of amides is 2. The first-order valence-corrected chi connectivity index (χ1v) is 8.67. The first kappa shape index (κ1) is 18.6. The molecule has 0 atom stereocenters. The lowest BCUT2D eigenvalue weighted by molar-refractivity contribution is -0.384. The number of carbonyl (C=O) groups is 2. The van der Waals surface area contributed by atoms with Gasteiger partial charge in [0.05, 0.1) is 11.3 Å². The van der Waals surface area contributed by atoms with Crippen molar-refractivity contribution < 1.29 is 19.0 Å². The Morgan fingerprint density at radius 2 is 1.96 bits per heavy atom. The van der Waals surface area contributed by atoms with Gasteiger partial charge in [-0.15, -0.1) is 0 Å². The van der Waals surface area contributed by atoms with Gasteiger partial charge in [-0.05, 0) is 25.3 Å². The van der Waals surface area contributed by atoms with Gasteiger partial charge in [-0.25, -0.2) is 0 Å². The van der Waals surface area contributed by atoms with E-state index in [1.807, 2.05) is 0 Å². The van der Waals surface area contributed by atoms with Crippen LogP contribution in [-0.2, 0) is 16.0 Å². The third kappa shape index (κ3) is 4.69. The lowest BCUT2D eigenvalue weighted by Gasteiger charge is -2.31. The van der Waals surface area contributed by atoms with Crippen LogP contribution >= 0.6 is 0 Å². The van der Waals surface area contributed by atoms with Gasteiger partial charge in [-0.2, -0.15) is 0 Å². The van der Waals surface area contributed by atoms with Gasteiger partial charge >= 0.3 is 0 Å². The quantitative estimate of drug-likeness (QED) is 0.635. The number of hydrogen-bond donors (Lipinski definition) is 1. The molecule has 1 aromatic carbocycles. The minimum Gasteiger partial charge on any atom is -0.360 e. The summed E-state index contributed by atoms with van der Waals surface area (Å²) in [5.74, 6) is 0.678. The second kappa shape index (κ2) is 7.98. The maximum Gasteiger partial charge on any atom is 0.269 e. The molecule has 0 aliphatic carbocycles. The monoisotopic (exact) mass is 372 g/mol. The Morgan fingerprint density at radius 1 is 1.30 bits per heavy atom. The third-order valence-corrected chi connectivity index (χ3v) is 4.60. The van der Waals surface area contributed by atoms with E-state index in [4.69, 9.17) is 4.52 Å². The number of nitro benzene ring substituents is 1. The van der Waals surface area contributed by atoms with Crippen LogP contribution in [0.3, 0.4) is 0 Å². The van der Waals surface area contributed by atoms with Crippen molar-refractivity contribution in [3.63, 3.8) is 0 Å². The number of rotatable bonds is 5. The number of aromatic nitrogens is 1. The van der Waals surface area contributed by atoms with Crippen molar-refractivity contribution in [2.45, 2.75) is 26.2 Å². The molecule has 9 heteroatoms. The Morgan fingerprint density at radius 3 is 2.52 bits per heavy atom. The van der Waals surface area contributed by atoms with Crippen molar-refractivity contribution >= 4 is 23.3 Å². The molecule has 0 saturated carbocycles. The molecule has 1 aliphatic heterocycles. The van der Waals surface area contributed by atoms with Crippen LogP contribution < -0.4 is 5.32 Å². The second-order valence-electron chi connectivity index (χ2n) is 6.57. The molecule has 2 aromatic rings. The lowest BCUT2D eigenvalue weighted by atomic mass is 9.95. The van der Waals surface area contributed by atoms with Gasteiger partial charge < -0.3 is 14.7 Å². The van der Waals surface area contributed by atoms with Gasteiger partial charge in [0.2, 0.25) is 11.8 Å². The first-order chi connectivity index (χ1) is 12.9. The van der Waals surface area contributed by atoms with E-state index in [2.05, 4.69) is 10.5 Å². The van der Waals surface area contributed by atoms with Crippen molar-refractivity contribution in [1.29, 1.82) is 0 Å². The maximum atomic E-state index is 12.4. The standard InChI is InChI=1S/C18H20N4O5/c1-12-10-16(20-27-12)19-18(24)14-6-8-21(9-7-14)17(23)11-13-2-4-15(5-3-13)22(25)26/h2-5,10,14H,6-9,11H2,1H3,(H,19,20,24). The number of likely N-dealkylation sites (tertiary alicyclic amines) is 1. The van der Waals surface area contributed by atoms with E-state index in [0.717, 1.165) is 5.56 Å². The van der Waals surface area contributed by atoms with Crippen LogP contribution in [0.2, 0.25) is 0 Å². The molecule has 27 heavy (non-hydrogen) atoms. The topological polar surface area (TPSA) is 119 Å². The summed E-state index contributed by atoms with van der Waals surface area (Å²) < 4.78 is 4.92. The Hall–Kier alpha value is -3.23. The van der Waals surface area contributed by atoms with Crippen LogP contribution in [-0.4, -0.2) is 39.9 Å². The van der Waals surface area contributed by atoms with E-state index in [0.29, 0.717) is 37.5 Å². The molecular formula is C18H20N4O5. The van der Waals surface area contributed by atoms with Crippen LogP contribution in [0.25, 0.3) is 0 Å². The Balaban J connectivity index is 1.48. The molecule has 1 N–H and O–H groups in total. The molecule has 1 aliphatic rings. The summed E-state index contributed by atoms with van der Waals surface area (Å²) in [5.41, 5.74) is 0.729. The van der Waals surface area contributed by atoms with E-state index in [1.54, 1.807) is 30.0 Å². The highest BCUT2D eigenvalue weighted by Gasteiger charge is 2.27. The Labute approximate surface area is 155 Å². The van der Waals surface area contributed by atoms with Crippen molar-refractivity contribution in [2.24, 2.45) is 5.92 Å². The Kier molecular flexibility index (Phi) is 5.49. The highest BCUT2D eigenvalue weighted by molar-refractivity contribution is 5.91. The molecule has 142 valence electrons. The number of benzene rings is 1. The number of nitrogens with one attached hydrogen (secondary N) is 1. The van der Waals surface area contributed by atoms with Crippen LogP contribution in [0.15, 0.2) is 34.9 Å². The molecule has 0 bridgehead atoms. The minimum atomic E-state index is -0.470. The summed E-state index contributed by atoms with van der Waals surface area (Å²) in [4.78, 5) is 36.6. The summed E-state index contributed by atoms with van der Waals surface area (Å²) in [6.07, 6.45) is 1.34. The third-order valence-electron chi connectivity index (χ3n) is 4.60. The minimum absolute atomic E-state index is 0.000307. The summed E-state index contributed by atoms with van der Waals surface area (Å²) in [6.45, 7) is 2.75. The number of piperidine rings is 1. The van der Waals surface area contributed by atoms with Crippen molar-refractivity contribution in [3.05, 3.63) is 51.8 Å². The van der Waals surface area contributed by atoms with Gasteiger partial charge in [0.15, 0.2) is 5.82 Å². The van der Waals surface area contributed by atoms with Crippen molar-refractivity contribution in [1.82, 2.24) is 10.1 Å². The molecule has 3 rings (SSSR count). The smallest absolute Gasteiger partial charge is 0.269 e. The zero-order chi connectivity index (χ0) is 19.4. The van der Waals surface area contributed by atoms with E-state index in [1.165, 1.54) is 12.1 Å². The summed E-state index contributed by atoms with van der Waals surface area (Å²) in [7, 11) is 0. The molecule has 0 radical (unpaired) electrons.